The Labute approximate surface area is 129 Å². The van der Waals surface area contributed by atoms with E-state index in [4.69, 9.17) is 16.3 Å². The highest BCUT2D eigenvalue weighted by molar-refractivity contribution is 7.90. The van der Waals surface area contributed by atoms with Crippen molar-refractivity contribution in [3.8, 4) is 5.75 Å². The summed E-state index contributed by atoms with van der Waals surface area (Å²) in [6.07, 6.45) is 2.90. The van der Waals surface area contributed by atoms with Crippen LogP contribution in [0.3, 0.4) is 0 Å². The fourth-order valence-corrected chi connectivity index (χ4v) is 3.80. The molecule has 0 atom stereocenters. The molecular formula is C14H17ClN2O3S. The van der Waals surface area contributed by atoms with Gasteiger partial charge < -0.3 is 4.74 Å². The normalized spacial score (nSPS) is 11.9. The van der Waals surface area contributed by atoms with Gasteiger partial charge in [-0.2, -0.15) is 0 Å². The Kier molecular flexibility index (Phi) is 4.58. The summed E-state index contributed by atoms with van der Waals surface area (Å²) in [6, 6.07) is 4.56. The highest BCUT2D eigenvalue weighted by atomic mass is 35.5. The van der Waals surface area contributed by atoms with Crippen molar-refractivity contribution in [3.05, 3.63) is 41.4 Å². The number of rotatable bonds is 5. The van der Waals surface area contributed by atoms with E-state index in [1.54, 1.807) is 19.1 Å². The van der Waals surface area contributed by atoms with Crippen molar-refractivity contribution in [2.24, 2.45) is 0 Å². The van der Waals surface area contributed by atoms with Crippen molar-refractivity contribution in [2.45, 2.75) is 31.6 Å². The molecule has 21 heavy (non-hydrogen) atoms. The minimum Gasteiger partial charge on any atom is -0.492 e. The highest BCUT2D eigenvalue weighted by Gasteiger charge is 2.25. The molecule has 2 aromatic rings. The third-order valence-corrected chi connectivity index (χ3v) is 4.83. The second-order valence-corrected chi connectivity index (χ2v) is 6.98. The lowest BCUT2D eigenvalue weighted by molar-refractivity contribution is 0.331. The van der Waals surface area contributed by atoms with Crippen molar-refractivity contribution in [1.29, 1.82) is 0 Å². The first-order valence-electron chi connectivity index (χ1n) is 6.59. The van der Waals surface area contributed by atoms with Gasteiger partial charge in [-0.1, -0.05) is 25.4 Å². The van der Waals surface area contributed by atoms with E-state index in [1.165, 1.54) is 22.4 Å². The van der Waals surface area contributed by atoms with E-state index in [0.717, 1.165) is 0 Å². The largest absolute Gasteiger partial charge is 0.492 e. The predicted octanol–water partition coefficient (Wildman–Crippen LogP) is 3.30. The van der Waals surface area contributed by atoms with E-state index in [-0.39, 0.29) is 16.6 Å². The molecule has 0 spiro atoms. The van der Waals surface area contributed by atoms with E-state index in [2.05, 4.69) is 4.98 Å². The van der Waals surface area contributed by atoms with E-state index in [1.807, 2.05) is 13.8 Å². The van der Waals surface area contributed by atoms with Gasteiger partial charge in [0.25, 0.3) is 10.0 Å². The Morgan fingerprint density at radius 2 is 2.10 bits per heavy atom. The lowest BCUT2D eigenvalue weighted by atomic mass is 10.2. The molecule has 0 saturated carbocycles. The average Bonchev–Trinajstić information content (AvgIpc) is 2.91. The average molecular weight is 329 g/mol. The van der Waals surface area contributed by atoms with E-state index >= 15 is 0 Å². The van der Waals surface area contributed by atoms with Gasteiger partial charge in [0.05, 0.1) is 6.61 Å². The number of hydrogen-bond acceptors (Lipinski definition) is 4. The Bertz CT molecular complexity index is 738. The molecule has 0 unspecified atom stereocenters. The van der Waals surface area contributed by atoms with Gasteiger partial charge in [-0.05, 0) is 25.1 Å². The minimum absolute atomic E-state index is 0.0236. The molecule has 1 aromatic heterocycles. The van der Waals surface area contributed by atoms with Crippen molar-refractivity contribution >= 4 is 21.6 Å². The summed E-state index contributed by atoms with van der Waals surface area (Å²) in [7, 11) is -3.80. The SMILES string of the molecule is CCOc1ccc(Cl)cc1S(=O)(=O)n1ccnc1C(C)C. The van der Waals surface area contributed by atoms with E-state index in [9.17, 15) is 8.42 Å². The minimum atomic E-state index is -3.80. The van der Waals surface area contributed by atoms with Gasteiger partial charge in [0.1, 0.15) is 16.5 Å². The molecule has 2 rings (SSSR count). The Hall–Kier alpha value is -1.53. The summed E-state index contributed by atoms with van der Waals surface area (Å²) in [5.74, 6) is 0.729. The third kappa shape index (κ3) is 3.06. The van der Waals surface area contributed by atoms with E-state index in [0.29, 0.717) is 17.5 Å². The zero-order chi connectivity index (χ0) is 15.6. The molecule has 0 fully saturated rings. The molecule has 114 valence electrons. The third-order valence-electron chi connectivity index (χ3n) is 2.89. The topological polar surface area (TPSA) is 61.2 Å². The van der Waals surface area contributed by atoms with Gasteiger partial charge in [-0.15, -0.1) is 0 Å². The van der Waals surface area contributed by atoms with Crippen molar-refractivity contribution in [2.75, 3.05) is 6.61 Å². The summed E-state index contributed by atoms with van der Waals surface area (Å²) in [5.41, 5.74) is 0. The number of benzene rings is 1. The molecule has 0 amide bonds. The molecule has 0 bridgehead atoms. The van der Waals surface area contributed by atoms with Crippen LogP contribution in [0.25, 0.3) is 0 Å². The standard InChI is InChI=1S/C14H17ClN2O3S/c1-4-20-12-6-5-11(15)9-13(12)21(18,19)17-8-7-16-14(17)10(2)3/h5-10H,4H2,1-3H3. The zero-order valence-electron chi connectivity index (χ0n) is 12.1. The number of halogens is 1. The molecule has 1 aromatic carbocycles. The van der Waals surface area contributed by atoms with Gasteiger partial charge in [0.2, 0.25) is 0 Å². The Balaban J connectivity index is 2.64. The number of ether oxygens (including phenoxy) is 1. The van der Waals surface area contributed by atoms with Crippen molar-refractivity contribution < 1.29 is 13.2 Å². The quantitative estimate of drug-likeness (QED) is 0.845. The molecule has 5 nitrogen and oxygen atoms in total. The van der Waals surface area contributed by atoms with Crippen LogP contribution >= 0.6 is 11.6 Å². The number of imidazole rings is 1. The van der Waals surface area contributed by atoms with Crippen LogP contribution in [0.4, 0.5) is 0 Å². The fraction of sp³-hybridized carbons (Fsp3) is 0.357. The maximum absolute atomic E-state index is 12.9. The maximum atomic E-state index is 12.9. The maximum Gasteiger partial charge on any atom is 0.272 e. The van der Waals surface area contributed by atoms with E-state index < -0.39 is 10.0 Å². The number of nitrogens with zero attached hydrogens (tertiary/aromatic N) is 2. The lowest BCUT2D eigenvalue weighted by Crippen LogP contribution is -2.17. The van der Waals surface area contributed by atoms with Crippen LogP contribution in [0.1, 0.15) is 32.5 Å². The second-order valence-electron chi connectivity index (χ2n) is 4.77. The van der Waals surface area contributed by atoms with Crippen LogP contribution in [0.15, 0.2) is 35.5 Å². The molecule has 0 saturated heterocycles. The van der Waals surface area contributed by atoms with Gasteiger partial charge in [0.15, 0.2) is 0 Å². The molecule has 7 heteroatoms. The first-order chi connectivity index (χ1) is 9.87. The van der Waals surface area contributed by atoms with Crippen LogP contribution in [0.2, 0.25) is 5.02 Å². The summed E-state index contributed by atoms with van der Waals surface area (Å²) in [6.45, 7) is 5.93. The van der Waals surface area contributed by atoms with Crippen LogP contribution in [0.5, 0.6) is 5.75 Å². The summed E-state index contributed by atoms with van der Waals surface area (Å²) < 4.78 is 32.3. The van der Waals surface area contributed by atoms with Gasteiger partial charge in [-0.25, -0.2) is 17.4 Å². The predicted molar refractivity (Wildman–Crippen MR) is 81.5 cm³/mol. The zero-order valence-corrected chi connectivity index (χ0v) is 13.6. The molecule has 1 heterocycles. The summed E-state index contributed by atoms with van der Waals surface area (Å²) in [5, 5.41) is 0.336. The van der Waals surface area contributed by atoms with Crippen molar-refractivity contribution in [3.63, 3.8) is 0 Å². The summed E-state index contributed by atoms with van der Waals surface area (Å²) >= 11 is 5.94. The highest BCUT2D eigenvalue weighted by Crippen LogP contribution is 2.30. The molecule has 0 aliphatic rings. The Morgan fingerprint density at radius 3 is 2.71 bits per heavy atom. The molecular weight excluding hydrogens is 312 g/mol. The molecule has 0 aliphatic carbocycles. The van der Waals surface area contributed by atoms with Crippen LogP contribution < -0.4 is 4.74 Å². The van der Waals surface area contributed by atoms with Crippen LogP contribution in [-0.4, -0.2) is 24.0 Å². The van der Waals surface area contributed by atoms with Crippen LogP contribution in [0, 0.1) is 0 Å². The van der Waals surface area contributed by atoms with Crippen LogP contribution in [-0.2, 0) is 10.0 Å². The smallest absolute Gasteiger partial charge is 0.272 e. The number of hydrogen-bond donors (Lipinski definition) is 0. The first kappa shape index (κ1) is 15.9. The van der Waals surface area contributed by atoms with Crippen molar-refractivity contribution in [1.82, 2.24) is 8.96 Å². The number of aromatic nitrogens is 2. The summed E-state index contributed by atoms with van der Waals surface area (Å²) in [4.78, 5) is 4.15. The first-order valence-corrected chi connectivity index (χ1v) is 8.41. The second kappa shape index (κ2) is 6.07. The molecule has 0 N–H and O–H groups in total. The van der Waals surface area contributed by atoms with Gasteiger partial charge in [-0.3, -0.25) is 0 Å². The fourth-order valence-electron chi connectivity index (χ4n) is 1.97. The lowest BCUT2D eigenvalue weighted by Gasteiger charge is -2.14. The van der Waals surface area contributed by atoms with Gasteiger partial charge >= 0.3 is 0 Å². The van der Waals surface area contributed by atoms with Gasteiger partial charge in [0, 0.05) is 23.3 Å². The monoisotopic (exact) mass is 328 g/mol. The Morgan fingerprint density at radius 1 is 1.38 bits per heavy atom. The molecule has 0 radical (unpaired) electrons. The molecule has 0 aliphatic heterocycles.